The number of aromatic nitrogens is 1. The van der Waals surface area contributed by atoms with E-state index in [0.717, 1.165) is 23.7 Å². The third-order valence-electron chi connectivity index (χ3n) is 4.91. The lowest BCUT2D eigenvalue weighted by Crippen LogP contribution is -2.43. The van der Waals surface area contributed by atoms with E-state index < -0.39 is 0 Å². The largest absolute Gasteiger partial charge is 0.379 e. The third kappa shape index (κ3) is 4.72. The Bertz CT molecular complexity index is 951. The predicted molar refractivity (Wildman–Crippen MR) is 114 cm³/mol. The van der Waals surface area contributed by atoms with Crippen LogP contribution in [0.5, 0.6) is 0 Å². The topological polar surface area (TPSA) is 54.5 Å². The van der Waals surface area contributed by atoms with Crippen molar-refractivity contribution in [2.45, 2.75) is 13.0 Å². The molecule has 1 aliphatic heterocycles. The Hall–Kier alpha value is -2.13. The fourth-order valence-electron chi connectivity index (χ4n) is 3.37. The van der Waals surface area contributed by atoms with Gasteiger partial charge in [-0.15, -0.1) is 22.7 Å². The molecule has 0 bridgehead atoms. The number of rotatable bonds is 6. The Balaban J connectivity index is 1.47. The van der Waals surface area contributed by atoms with Crippen LogP contribution in [0.3, 0.4) is 0 Å². The Labute approximate surface area is 177 Å². The second-order valence-corrected chi connectivity index (χ2v) is 8.81. The minimum atomic E-state index is -0.289. The van der Waals surface area contributed by atoms with Gasteiger partial charge < -0.3 is 10.1 Å². The zero-order valence-electron chi connectivity index (χ0n) is 16.1. The van der Waals surface area contributed by atoms with Gasteiger partial charge in [0.25, 0.3) is 5.91 Å². The first-order valence-electron chi connectivity index (χ1n) is 9.48. The number of thiazole rings is 1. The lowest BCUT2D eigenvalue weighted by Gasteiger charge is -2.34. The maximum atomic E-state index is 13.2. The second-order valence-electron chi connectivity index (χ2n) is 6.83. The normalized spacial score (nSPS) is 15.9. The van der Waals surface area contributed by atoms with E-state index in [0.29, 0.717) is 30.3 Å². The molecule has 1 unspecified atom stereocenters. The van der Waals surface area contributed by atoms with E-state index in [4.69, 9.17) is 4.74 Å². The van der Waals surface area contributed by atoms with E-state index in [1.54, 1.807) is 23.5 Å². The Kier molecular flexibility index (Phi) is 6.34. The summed E-state index contributed by atoms with van der Waals surface area (Å²) in [6, 6.07) is 10.5. The first-order valence-corrected chi connectivity index (χ1v) is 11.2. The van der Waals surface area contributed by atoms with Gasteiger partial charge in [-0.3, -0.25) is 9.69 Å². The number of nitrogens with zero attached hydrogens (tertiary/aromatic N) is 2. The van der Waals surface area contributed by atoms with Crippen molar-refractivity contribution in [3.05, 3.63) is 63.0 Å². The van der Waals surface area contributed by atoms with Crippen LogP contribution in [-0.2, 0) is 4.74 Å². The van der Waals surface area contributed by atoms with Crippen molar-refractivity contribution in [2.24, 2.45) is 0 Å². The Morgan fingerprint density at radius 1 is 1.28 bits per heavy atom. The van der Waals surface area contributed by atoms with Crippen molar-refractivity contribution in [2.75, 3.05) is 32.8 Å². The number of halogens is 1. The minimum Gasteiger partial charge on any atom is -0.379 e. The van der Waals surface area contributed by atoms with Crippen molar-refractivity contribution in [1.29, 1.82) is 0 Å². The number of aryl methyl sites for hydroxylation is 1. The van der Waals surface area contributed by atoms with Crippen LogP contribution in [0.4, 0.5) is 4.39 Å². The van der Waals surface area contributed by atoms with Gasteiger partial charge in [-0.25, -0.2) is 9.37 Å². The number of ether oxygens (including phenoxy) is 1. The highest BCUT2D eigenvalue weighted by molar-refractivity contribution is 7.17. The highest BCUT2D eigenvalue weighted by Gasteiger charge is 2.25. The van der Waals surface area contributed by atoms with E-state index in [2.05, 4.69) is 26.6 Å². The van der Waals surface area contributed by atoms with Crippen molar-refractivity contribution in [1.82, 2.24) is 15.2 Å². The summed E-state index contributed by atoms with van der Waals surface area (Å²) in [5.74, 6) is -0.411. The quantitative estimate of drug-likeness (QED) is 0.638. The monoisotopic (exact) mass is 431 g/mol. The van der Waals surface area contributed by atoms with Gasteiger partial charge >= 0.3 is 0 Å². The van der Waals surface area contributed by atoms with Crippen LogP contribution in [0.2, 0.25) is 0 Å². The Morgan fingerprint density at radius 2 is 2.03 bits per heavy atom. The average Bonchev–Trinajstić information content (AvgIpc) is 3.40. The van der Waals surface area contributed by atoms with E-state index in [1.807, 2.05) is 13.0 Å². The molecule has 1 N–H and O–H groups in total. The van der Waals surface area contributed by atoms with Crippen LogP contribution >= 0.6 is 22.7 Å². The molecule has 8 heteroatoms. The number of nitrogens with one attached hydrogen (secondary N) is 1. The van der Waals surface area contributed by atoms with Crippen LogP contribution in [0.1, 0.15) is 26.3 Å². The molecule has 5 nitrogen and oxygen atoms in total. The zero-order chi connectivity index (χ0) is 20.2. The molecule has 1 amide bonds. The van der Waals surface area contributed by atoms with E-state index in [-0.39, 0.29) is 17.8 Å². The van der Waals surface area contributed by atoms with Crippen LogP contribution < -0.4 is 5.32 Å². The number of thiophene rings is 1. The van der Waals surface area contributed by atoms with Crippen LogP contribution in [0.25, 0.3) is 10.6 Å². The average molecular weight is 432 g/mol. The van der Waals surface area contributed by atoms with E-state index in [1.165, 1.54) is 28.3 Å². The summed E-state index contributed by atoms with van der Waals surface area (Å²) in [5.41, 5.74) is 1.49. The van der Waals surface area contributed by atoms with Gasteiger partial charge in [0.05, 0.1) is 24.9 Å². The van der Waals surface area contributed by atoms with Gasteiger partial charge in [-0.05, 0) is 42.6 Å². The predicted octanol–water partition coefficient (Wildman–Crippen LogP) is 4.12. The molecule has 1 aliphatic rings. The number of amides is 1. The van der Waals surface area contributed by atoms with Gasteiger partial charge in [0.1, 0.15) is 15.7 Å². The molecule has 1 atom stereocenters. The summed E-state index contributed by atoms with van der Waals surface area (Å²) in [6.07, 6.45) is 0. The smallest absolute Gasteiger partial charge is 0.263 e. The maximum absolute atomic E-state index is 13.2. The number of hydrogen-bond acceptors (Lipinski definition) is 6. The van der Waals surface area contributed by atoms with Gasteiger partial charge in [0.15, 0.2) is 0 Å². The molecule has 4 rings (SSSR count). The Morgan fingerprint density at radius 3 is 2.72 bits per heavy atom. The molecule has 3 heterocycles. The molecule has 29 heavy (non-hydrogen) atoms. The van der Waals surface area contributed by atoms with E-state index >= 15 is 0 Å². The maximum Gasteiger partial charge on any atom is 0.263 e. The molecule has 0 radical (unpaired) electrons. The van der Waals surface area contributed by atoms with Crippen molar-refractivity contribution >= 4 is 28.6 Å². The van der Waals surface area contributed by atoms with Crippen molar-refractivity contribution in [3.8, 4) is 10.6 Å². The SMILES string of the molecule is Cc1nc(-c2ccc(F)cc2)sc1C(=O)NCC(c1cccs1)N1CCOCC1. The second kappa shape index (κ2) is 9.13. The third-order valence-corrected chi connectivity index (χ3v) is 7.09. The molecule has 3 aromatic rings. The van der Waals surface area contributed by atoms with Crippen molar-refractivity contribution in [3.63, 3.8) is 0 Å². The lowest BCUT2D eigenvalue weighted by atomic mass is 10.2. The summed E-state index contributed by atoms with van der Waals surface area (Å²) in [6.45, 7) is 5.49. The zero-order valence-corrected chi connectivity index (χ0v) is 17.7. The summed E-state index contributed by atoms with van der Waals surface area (Å²) in [7, 11) is 0. The summed E-state index contributed by atoms with van der Waals surface area (Å²) < 4.78 is 18.6. The molecule has 0 saturated carbocycles. The summed E-state index contributed by atoms with van der Waals surface area (Å²) in [4.78, 5) is 21.6. The molecule has 152 valence electrons. The van der Waals surface area contributed by atoms with Crippen molar-refractivity contribution < 1.29 is 13.9 Å². The fourth-order valence-corrected chi connectivity index (χ4v) is 5.22. The summed E-state index contributed by atoms with van der Waals surface area (Å²) in [5, 5.41) is 5.88. The molecular formula is C21H22FN3O2S2. The van der Waals surface area contributed by atoms with Gasteiger partial charge in [0.2, 0.25) is 0 Å². The highest BCUT2D eigenvalue weighted by Crippen LogP contribution is 2.29. The van der Waals surface area contributed by atoms with Crippen LogP contribution in [0, 0.1) is 12.7 Å². The molecule has 0 spiro atoms. The fraction of sp³-hybridized carbons (Fsp3) is 0.333. The number of carbonyl (C=O) groups is 1. The molecular weight excluding hydrogens is 409 g/mol. The first-order chi connectivity index (χ1) is 14.1. The lowest BCUT2D eigenvalue weighted by molar-refractivity contribution is 0.0169. The number of benzene rings is 1. The number of morpholine rings is 1. The molecule has 1 saturated heterocycles. The van der Waals surface area contributed by atoms with Crippen LogP contribution in [-0.4, -0.2) is 48.6 Å². The standard InChI is InChI=1S/C21H22FN3O2S2/c1-14-19(29-21(24-14)15-4-6-16(22)7-5-15)20(26)23-13-17(18-3-2-12-28-18)25-8-10-27-11-9-25/h2-7,12,17H,8-11,13H2,1H3,(H,23,26). The minimum absolute atomic E-state index is 0.122. The number of carbonyl (C=O) groups excluding carboxylic acids is 1. The molecule has 0 aliphatic carbocycles. The van der Waals surface area contributed by atoms with Gasteiger partial charge in [-0.2, -0.15) is 0 Å². The summed E-state index contributed by atoms with van der Waals surface area (Å²) >= 11 is 3.04. The van der Waals surface area contributed by atoms with Gasteiger partial charge in [0, 0.05) is 30.1 Å². The highest BCUT2D eigenvalue weighted by atomic mass is 32.1. The van der Waals surface area contributed by atoms with Crippen LogP contribution in [0.15, 0.2) is 41.8 Å². The molecule has 1 aromatic carbocycles. The molecule has 1 fully saturated rings. The first kappa shape index (κ1) is 20.2. The van der Waals surface area contributed by atoms with Gasteiger partial charge in [-0.1, -0.05) is 6.07 Å². The van der Waals surface area contributed by atoms with E-state index in [9.17, 15) is 9.18 Å². The molecule has 2 aromatic heterocycles. The number of hydrogen-bond donors (Lipinski definition) is 1.